The molecule has 1 N–H and O–H groups in total. The first-order valence-corrected chi connectivity index (χ1v) is 5.52. The van der Waals surface area contributed by atoms with Gasteiger partial charge < -0.3 is 9.88 Å². The molecule has 1 rings (SSSR count). The van der Waals surface area contributed by atoms with Crippen molar-refractivity contribution in [1.29, 1.82) is 0 Å². The highest BCUT2D eigenvalue weighted by Gasteiger charge is 2.06. The molecule has 0 aliphatic heterocycles. The Hall–Kier alpha value is -1.03. The fraction of sp³-hybridized carbons (Fsp3) is 0.600. The quantitative estimate of drug-likeness (QED) is 0.781. The highest BCUT2D eigenvalue weighted by Crippen LogP contribution is 2.03. The van der Waals surface area contributed by atoms with Gasteiger partial charge in [-0.25, -0.2) is 4.98 Å². The fourth-order valence-corrected chi connectivity index (χ4v) is 1.44. The van der Waals surface area contributed by atoms with Crippen molar-refractivity contribution in [1.82, 2.24) is 9.55 Å². The van der Waals surface area contributed by atoms with Crippen LogP contribution in [-0.2, 0) is 7.05 Å². The summed E-state index contributed by atoms with van der Waals surface area (Å²) in [6.07, 6.45) is 5.11. The van der Waals surface area contributed by atoms with E-state index >= 15 is 0 Å². The second kappa shape index (κ2) is 5.75. The molecule has 1 unspecified atom stereocenters. The minimum atomic E-state index is -0.102. The number of alkyl halides is 1. The standard InChI is InChI=1S/C10H16ClN3O/c1-8(4-3-5-11)13-9-10(15)14(2)7-6-12-9/h6-8H,3-5H2,1-2H3,(H,12,13). The minimum Gasteiger partial charge on any atom is -0.363 e. The third-order valence-corrected chi connectivity index (χ3v) is 2.44. The molecule has 0 aromatic carbocycles. The number of aryl methyl sites for hydroxylation is 1. The number of anilines is 1. The van der Waals surface area contributed by atoms with Crippen LogP contribution in [0.25, 0.3) is 0 Å². The number of rotatable bonds is 5. The molecule has 1 heterocycles. The van der Waals surface area contributed by atoms with Gasteiger partial charge in [0, 0.05) is 31.4 Å². The molecular formula is C10H16ClN3O. The molecule has 0 amide bonds. The number of halogens is 1. The summed E-state index contributed by atoms with van der Waals surface area (Å²) in [6, 6.07) is 0.214. The van der Waals surface area contributed by atoms with Gasteiger partial charge in [0.25, 0.3) is 5.56 Å². The molecule has 4 nitrogen and oxygen atoms in total. The van der Waals surface area contributed by atoms with Crippen LogP contribution in [0.3, 0.4) is 0 Å². The highest BCUT2D eigenvalue weighted by molar-refractivity contribution is 6.17. The normalized spacial score (nSPS) is 12.5. The lowest BCUT2D eigenvalue weighted by Gasteiger charge is -2.13. The summed E-state index contributed by atoms with van der Waals surface area (Å²) in [5, 5.41) is 3.08. The van der Waals surface area contributed by atoms with Gasteiger partial charge in [-0.2, -0.15) is 0 Å². The second-order valence-corrected chi connectivity index (χ2v) is 3.95. The van der Waals surface area contributed by atoms with Crippen LogP contribution in [0.15, 0.2) is 17.2 Å². The Morgan fingerprint density at radius 1 is 1.67 bits per heavy atom. The maximum absolute atomic E-state index is 11.6. The van der Waals surface area contributed by atoms with Crippen LogP contribution in [-0.4, -0.2) is 21.5 Å². The van der Waals surface area contributed by atoms with E-state index in [1.807, 2.05) is 6.92 Å². The van der Waals surface area contributed by atoms with Gasteiger partial charge >= 0.3 is 0 Å². The summed E-state index contributed by atoms with van der Waals surface area (Å²) in [5.74, 6) is 1.05. The van der Waals surface area contributed by atoms with Gasteiger partial charge in [0.05, 0.1) is 0 Å². The van der Waals surface area contributed by atoms with Crippen molar-refractivity contribution in [2.45, 2.75) is 25.8 Å². The molecule has 5 heteroatoms. The molecule has 0 saturated carbocycles. The largest absolute Gasteiger partial charge is 0.363 e. The number of aromatic nitrogens is 2. The lowest BCUT2D eigenvalue weighted by molar-refractivity contribution is 0.685. The van der Waals surface area contributed by atoms with E-state index in [4.69, 9.17) is 11.6 Å². The molecular weight excluding hydrogens is 214 g/mol. The topological polar surface area (TPSA) is 46.9 Å². The monoisotopic (exact) mass is 229 g/mol. The Bertz CT molecular complexity index is 364. The molecule has 1 atom stereocenters. The van der Waals surface area contributed by atoms with Crippen molar-refractivity contribution < 1.29 is 0 Å². The van der Waals surface area contributed by atoms with E-state index in [1.165, 1.54) is 4.57 Å². The highest BCUT2D eigenvalue weighted by atomic mass is 35.5. The van der Waals surface area contributed by atoms with E-state index in [0.717, 1.165) is 12.8 Å². The van der Waals surface area contributed by atoms with E-state index in [9.17, 15) is 4.79 Å². The molecule has 0 radical (unpaired) electrons. The predicted octanol–water partition coefficient (Wildman–Crippen LogP) is 1.60. The third kappa shape index (κ3) is 3.55. The average Bonchev–Trinajstić information content (AvgIpc) is 2.22. The Balaban J connectivity index is 2.64. The summed E-state index contributed by atoms with van der Waals surface area (Å²) in [5.41, 5.74) is -0.102. The van der Waals surface area contributed by atoms with Crippen LogP contribution in [0, 0.1) is 0 Å². The minimum absolute atomic E-state index is 0.102. The van der Waals surface area contributed by atoms with Gasteiger partial charge in [-0.1, -0.05) is 0 Å². The first-order chi connectivity index (χ1) is 7.15. The smallest absolute Gasteiger partial charge is 0.293 e. The van der Waals surface area contributed by atoms with Crippen molar-refractivity contribution in [3.8, 4) is 0 Å². The summed E-state index contributed by atoms with van der Waals surface area (Å²) in [7, 11) is 1.71. The van der Waals surface area contributed by atoms with Crippen molar-refractivity contribution in [2.75, 3.05) is 11.2 Å². The number of nitrogens with one attached hydrogen (secondary N) is 1. The van der Waals surface area contributed by atoms with Gasteiger partial charge in [0.2, 0.25) is 0 Å². The van der Waals surface area contributed by atoms with Gasteiger partial charge in [-0.05, 0) is 19.8 Å². The molecule has 1 aromatic heterocycles. The van der Waals surface area contributed by atoms with E-state index in [1.54, 1.807) is 19.4 Å². The molecule has 0 bridgehead atoms. The Morgan fingerprint density at radius 3 is 3.07 bits per heavy atom. The van der Waals surface area contributed by atoms with Gasteiger partial charge in [-0.15, -0.1) is 11.6 Å². The molecule has 0 aliphatic carbocycles. The van der Waals surface area contributed by atoms with Crippen molar-refractivity contribution in [2.24, 2.45) is 7.05 Å². The summed E-state index contributed by atoms with van der Waals surface area (Å²) in [4.78, 5) is 15.6. The summed E-state index contributed by atoms with van der Waals surface area (Å²) < 4.78 is 1.50. The molecule has 15 heavy (non-hydrogen) atoms. The average molecular weight is 230 g/mol. The van der Waals surface area contributed by atoms with E-state index in [2.05, 4.69) is 10.3 Å². The Labute approximate surface area is 94.3 Å². The molecule has 0 spiro atoms. The van der Waals surface area contributed by atoms with Crippen molar-refractivity contribution in [3.63, 3.8) is 0 Å². The molecule has 1 aromatic rings. The zero-order valence-electron chi connectivity index (χ0n) is 9.03. The van der Waals surface area contributed by atoms with Crippen LogP contribution in [0.5, 0.6) is 0 Å². The van der Waals surface area contributed by atoms with Crippen molar-refractivity contribution in [3.05, 3.63) is 22.7 Å². The van der Waals surface area contributed by atoms with E-state index in [-0.39, 0.29) is 11.6 Å². The van der Waals surface area contributed by atoms with Crippen LogP contribution < -0.4 is 10.9 Å². The Kier molecular flexibility index (Phi) is 4.62. The van der Waals surface area contributed by atoms with Crippen LogP contribution in [0.2, 0.25) is 0 Å². The van der Waals surface area contributed by atoms with Crippen LogP contribution in [0.4, 0.5) is 5.82 Å². The first-order valence-electron chi connectivity index (χ1n) is 4.99. The molecule has 84 valence electrons. The van der Waals surface area contributed by atoms with Crippen molar-refractivity contribution >= 4 is 17.4 Å². The third-order valence-electron chi connectivity index (χ3n) is 2.17. The zero-order valence-corrected chi connectivity index (χ0v) is 9.79. The van der Waals surface area contributed by atoms with Gasteiger partial charge in [0.1, 0.15) is 0 Å². The summed E-state index contributed by atoms with van der Waals surface area (Å²) in [6.45, 7) is 2.01. The van der Waals surface area contributed by atoms with Gasteiger partial charge in [0.15, 0.2) is 5.82 Å². The number of nitrogens with zero attached hydrogens (tertiary/aromatic N) is 2. The number of hydrogen-bond donors (Lipinski definition) is 1. The van der Waals surface area contributed by atoms with E-state index < -0.39 is 0 Å². The molecule has 0 fully saturated rings. The first kappa shape index (κ1) is 12.0. The van der Waals surface area contributed by atoms with Crippen LogP contribution >= 0.6 is 11.6 Å². The second-order valence-electron chi connectivity index (χ2n) is 3.57. The Morgan fingerprint density at radius 2 is 2.40 bits per heavy atom. The van der Waals surface area contributed by atoms with Gasteiger partial charge in [-0.3, -0.25) is 4.79 Å². The maximum Gasteiger partial charge on any atom is 0.293 e. The lowest BCUT2D eigenvalue weighted by Crippen LogP contribution is -2.26. The SMILES string of the molecule is CC(CCCCl)Nc1nccn(C)c1=O. The fourth-order valence-electron chi connectivity index (χ4n) is 1.29. The zero-order chi connectivity index (χ0) is 11.3. The summed E-state index contributed by atoms with van der Waals surface area (Å²) >= 11 is 5.60. The molecule has 0 aliphatic rings. The molecule has 0 saturated heterocycles. The lowest BCUT2D eigenvalue weighted by atomic mass is 10.2. The maximum atomic E-state index is 11.6. The predicted molar refractivity (Wildman–Crippen MR) is 62.5 cm³/mol. The van der Waals surface area contributed by atoms with E-state index in [0.29, 0.717) is 11.7 Å². The van der Waals surface area contributed by atoms with Crippen LogP contribution in [0.1, 0.15) is 19.8 Å². The number of hydrogen-bond acceptors (Lipinski definition) is 3.